The Morgan fingerprint density at radius 3 is 2.94 bits per heavy atom. The van der Waals surface area contributed by atoms with Crippen LogP contribution in [-0.2, 0) is 0 Å². The van der Waals surface area contributed by atoms with E-state index in [1.807, 2.05) is 5.41 Å². The predicted octanol–water partition coefficient (Wildman–Crippen LogP) is 2.75. The largest absolute Gasteiger partial charge is 0.350 e. The third kappa shape index (κ3) is 3.14. The van der Waals surface area contributed by atoms with Crippen LogP contribution in [0.25, 0.3) is 0 Å². The molecule has 2 amide bonds. The van der Waals surface area contributed by atoms with Gasteiger partial charge in [0.05, 0.1) is 8.42 Å². The SMILES string of the molecule is NC(=O)NNC1=CSc2sc(=S)sc2SC1. The third-order valence-electron chi connectivity index (χ3n) is 1.53. The van der Waals surface area contributed by atoms with E-state index in [2.05, 4.69) is 10.9 Å². The molecule has 1 aromatic heterocycles. The fourth-order valence-corrected chi connectivity index (χ4v) is 6.74. The zero-order valence-electron chi connectivity index (χ0n) is 7.81. The summed E-state index contributed by atoms with van der Waals surface area (Å²) < 4.78 is 3.41. The van der Waals surface area contributed by atoms with Gasteiger partial charge in [0.25, 0.3) is 0 Å². The van der Waals surface area contributed by atoms with Crippen molar-refractivity contribution >= 4 is 64.4 Å². The van der Waals surface area contributed by atoms with E-state index >= 15 is 0 Å². The Balaban J connectivity index is 2.04. The highest BCUT2D eigenvalue weighted by molar-refractivity contribution is 8.07. The van der Waals surface area contributed by atoms with Crippen LogP contribution >= 0.6 is 58.4 Å². The first-order valence-corrected chi connectivity index (χ1v) is 7.99. The number of hydrogen-bond donors (Lipinski definition) is 3. The molecule has 0 aliphatic carbocycles. The minimum Gasteiger partial charge on any atom is -0.350 e. The topological polar surface area (TPSA) is 67.2 Å². The smallest absolute Gasteiger partial charge is 0.330 e. The third-order valence-corrected chi connectivity index (χ3v) is 7.05. The Kier molecular flexibility index (Phi) is 4.14. The number of hydrazine groups is 1. The molecule has 1 aliphatic heterocycles. The zero-order chi connectivity index (χ0) is 11.5. The number of nitrogens with one attached hydrogen (secondary N) is 2. The van der Waals surface area contributed by atoms with Gasteiger partial charge < -0.3 is 5.73 Å². The molecule has 0 fully saturated rings. The number of carbonyl (C=O) groups excluding carboxylic acids is 1. The molecule has 1 aromatic rings. The van der Waals surface area contributed by atoms with E-state index in [0.29, 0.717) is 0 Å². The van der Waals surface area contributed by atoms with Crippen molar-refractivity contribution in [1.82, 2.24) is 10.9 Å². The molecule has 0 bridgehead atoms. The first-order chi connectivity index (χ1) is 7.65. The second-order valence-electron chi connectivity index (χ2n) is 2.69. The Hall–Kier alpha value is -0.220. The fourth-order valence-electron chi connectivity index (χ4n) is 0.925. The summed E-state index contributed by atoms with van der Waals surface area (Å²) in [6.45, 7) is 0. The van der Waals surface area contributed by atoms with Crippen LogP contribution in [-0.4, -0.2) is 11.8 Å². The van der Waals surface area contributed by atoms with Crippen molar-refractivity contribution in [3.8, 4) is 0 Å². The molecule has 1 aliphatic rings. The highest BCUT2D eigenvalue weighted by Crippen LogP contribution is 2.43. The summed E-state index contributed by atoms with van der Waals surface area (Å²) >= 11 is 11.7. The molecule has 2 heterocycles. The van der Waals surface area contributed by atoms with Crippen LogP contribution in [0.15, 0.2) is 19.5 Å². The number of rotatable bonds is 2. The summed E-state index contributed by atoms with van der Waals surface area (Å²) in [4.78, 5) is 10.5. The Labute approximate surface area is 114 Å². The van der Waals surface area contributed by atoms with Crippen molar-refractivity contribution in [3.05, 3.63) is 14.2 Å². The van der Waals surface area contributed by atoms with Gasteiger partial charge in [0, 0.05) is 11.4 Å². The van der Waals surface area contributed by atoms with Gasteiger partial charge in [0.2, 0.25) is 0 Å². The molecule has 0 atom stereocenters. The average Bonchev–Trinajstić information content (AvgIpc) is 2.47. The van der Waals surface area contributed by atoms with Crippen LogP contribution in [0.3, 0.4) is 0 Å². The van der Waals surface area contributed by atoms with Gasteiger partial charge in [-0.3, -0.25) is 10.9 Å². The molecular weight excluding hydrogens is 302 g/mol. The summed E-state index contributed by atoms with van der Waals surface area (Å²) in [6, 6.07) is -0.592. The van der Waals surface area contributed by atoms with Gasteiger partial charge in [-0.2, -0.15) is 0 Å². The van der Waals surface area contributed by atoms with Crippen LogP contribution in [0, 0.1) is 3.14 Å². The number of primary amides is 1. The maximum absolute atomic E-state index is 10.5. The molecule has 0 aromatic carbocycles. The number of amides is 2. The molecular formula is C7H7N3OS5. The van der Waals surface area contributed by atoms with Crippen LogP contribution in [0.4, 0.5) is 4.79 Å². The second kappa shape index (κ2) is 5.41. The van der Waals surface area contributed by atoms with Crippen molar-refractivity contribution < 1.29 is 4.79 Å². The van der Waals surface area contributed by atoms with E-state index < -0.39 is 6.03 Å². The minimum absolute atomic E-state index is 0.592. The lowest BCUT2D eigenvalue weighted by atomic mass is 10.6. The number of hydrogen-bond acceptors (Lipinski definition) is 7. The normalized spacial score (nSPS) is 14.6. The van der Waals surface area contributed by atoms with E-state index in [0.717, 1.165) is 14.6 Å². The van der Waals surface area contributed by atoms with Crippen molar-refractivity contribution in [2.75, 3.05) is 5.75 Å². The molecule has 0 saturated heterocycles. The molecule has 86 valence electrons. The molecule has 9 heteroatoms. The van der Waals surface area contributed by atoms with Gasteiger partial charge in [-0.1, -0.05) is 24.0 Å². The highest BCUT2D eigenvalue weighted by atomic mass is 32.2. The summed E-state index contributed by atoms with van der Waals surface area (Å²) in [5, 5.41) is 1.97. The van der Waals surface area contributed by atoms with Gasteiger partial charge in [-0.15, -0.1) is 34.4 Å². The Morgan fingerprint density at radius 1 is 1.44 bits per heavy atom. The Morgan fingerprint density at radius 2 is 2.19 bits per heavy atom. The monoisotopic (exact) mass is 309 g/mol. The van der Waals surface area contributed by atoms with Crippen LogP contribution in [0.1, 0.15) is 0 Å². The first kappa shape index (κ1) is 12.2. The maximum atomic E-state index is 10.5. The van der Waals surface area contributed by atoms with E-state index in [1.54, 1.807) is 46.2 Å². The van der Waals surface area contributed by atoms with Crippen LogP contribution < -0.4 is 16.6 Å². The van der Waals surface area contributed by atoms with E-state index in [9.17, 15) is 4.79 Å². The lowest BCUT2D eigenvalue weighted by Crippen LogP contribution is -2.40. The van der Waals surface area contributed by atoms with Crippen molar-refractivity contribution in [1.29, 1.82) is 0 Å². The highest BCUT2D eigenvalue weighted by Gasteiger charge is 2.13. The molecule has 0 spiro atoms. The van der Waals surface area contributed by atoms with Gasteiger partial charge in [0.15, 0.2) is 0 Å². The fraction of sp³-hybridized carbons (Fsp3) is 0.143. The molecule has 0 unspecified atom stereocenters. The molecule has 4 N–H and O–H groups in total. The first-order valence-electron chi connectivity index (χ1n) is 4.09. The second-order valence-corrected chi connectivity index (χ2v) is 8.30. The molecule has 0 saturated carbocycles. The van der Waals surface area contributed by atoms with Gasteiger partial charge in [-0.25, -0.2) is 4.79 Å². The van der Waals surface area contributed by atoms with Crippen molar-refractivity contribution in [3.63, 3.8) is 0 Å². The number of carbonyl (C=O) groups is 1. The number of urea groups is 1. The number of thioether (sulfide) groups is 2. The quantitative estimate of drug-likeness (QED) is 0.579. The number of nitrogens with two attached hydrogens (primary N) is 1. The minimum atomic E-state index is -0.592. The van der Waals surface area contributed by atoms with E-state index in [4.69, 9.17) is 18.0 Å². The number of fused-ring (bicyclic) bond motifs is 1. The van der Waals surface area contributed by atoms with Crippen LogP contribution in [0.5, 0.6) is 0 Å². The van der Waals surface area contributed by atoms with Crippen molar-refractivity contribution in [2.24, 2.45) is 5.73 Å². The lowest BCUT2D eigenvalue weighted by Gasteiger charge is -2.07. The standard InChI is InChI=1S/C7H7N3OS5/c8-6(11)10-9-3-1-13-4-5(14-2-3)16-7(12)15-4/h1,9H,2H2,(H3,8,10,11). The Bertz CT molecular complexity index is 490. The van der Waals surface area contributed by atoms with E-state index in [1.165, 1.54) is 8.42 Å². The lowest BCUT2D eigenvalue weighted by molar-refractivity contribution is 0.246. The summed E-state index contributed by atoms with van der Waals surface area (Å²) in [5.74, 6) is 0.766. The molecule has 16 heavy (non-hydrogen) atoms. The summed E-state index contributed by atoms with van der Waals surface area (Å²) in [5.41, 5.74) is 11.0. The predicted molar refractivity (Wildman–Crippen MR) is 73.5 cm³/mol. The maximum Gasteiger partial charge on any atom is 0.330 e. The summed E-state index contributed by atoms with van der Waals surface area (Å²) in [6.07, 6.45) is 0. The van der Waals surface area contributed by atoms with Crippen molar-refractivity contribution in [2.45, 2.75) is 8.42 Å². The molecule has 4 nitrogen and oxygen atoms in total. The van der Waals surface area contributed by atoms with E-state index in [-0.39, 0.29) is 0 Å². The molecule has 2 rings (SSSR count). The summed E-state index contributed by atoms with van der Waals surface area (Å²) in [7, 11) is 0. The van der Waals surface area contributed by atoms with Crippen LogP contribution in [0.2, 0.25) is 0 Å². The van der Waals surface area contributed by atoms with Gasteiger partial charge in [-0.05, 0) is 5.41 Å². The molecule has 0 radical (unpaired) electrons. The zero-order valence-corrected chi connectivity index (χ0v) is 11.9. The van der Waals surface area contributed by atoms with Gasteiger partial charge in [0.1, 0.15) is 3.14 Å². The average molecular weight is 309 g/mol. The van der Waals surface area contributed by atoms with Gasteiger partial charge >= 0.3 is 6.03 Å².